The second-order valence-electron chi connectivity index (χ2n) is 7.88. The van der Waals surface area contributed by atoms with Crippen LogP contribution in [0.4, 0.5) is 5.00 Å². The molecule has 5 nitrogen and oxygen atoms in total. The predicted molar refractivity (Wildman–Crippen MR) is 113 cm³/mol. The van der Waals surface area contributed by atoms with Crippen LogP contribution in [-0.4, -0.2) is 29.8 Å². The molecule has 26 heavy (non-hydrogen) atoms. The second kappa shape index (κ2) is 8.23. The minimum Gasteiger partial charge on any atom is -0.462 e. The summed E-state index contributed by atoms with van der Waals surface area (Å²) >= 11 is 7.01. The van der Waals surface area contributed by atoms with Crippen molar-refractivity contribution in [2.24, 2.45) is 0 Å². The zero-order chi connectivity index (χ0) is 19.5. The highest BCUT2D eigenvalue weighted by molar-refractivity contribution is 7.80. The molecule has 1 aromatic rings. The first kappa shape index (κ1) is 21.1. The van der Waals surface area contributed by atoms with E-state index in [1.165, 1.54) is 4.88 Å². The molecule has 3 N–H and O–H groups in total. The van der Waals surface area contributed by atoms with Crippen LogP contribution in [0.2, 0.25) is 0 Å². The summed E-state index contributed by atoms with van der Waals surface area (Å²) in [4.78, 5) is 13.9. The summed E-state index contributed by atoms with van der Waals surface area (Å²) in [6.45, 7) is 13.8. The largest absolute Gasteiger partial charge is 0.462 e. The quantitative estimate of drug-likeness (QED) is 0.380. The van der Waals surface area contributed by atoms with Gasteiger partial charge in [0.25, 0.3) is 0 Å². The maximum Gasteiger partial charge on any atom is 0.341 e. The molecular weight excluding hydrogens is 366 g/mol. The highest BCUT2D eigenvalue weighted by Crippen LogP contribution is 2.45. The Bertz CT molecular complexity index is 681. The SMILES string of the molecule is CCCCNC(=S)Nc1sc2c(c1C(=O)OCC)CC(C)(C)NC2(C)C. The van der Waals surface area contributed by atoms with E-state index in [-0.39, 0.29) is 17.0 Å². The molecule has 0 saturated carbocycles. The molecule has 2 rings (SSSR count). The summed E-state index contributed by atoms with van der Waals surface area (Å²) in [6, 6.07) is 0. The first-order valence-electron chi connectivity index (χ1n) is 9.28. The van der Waals surface area contributed by atoms with Gasteiger partial charge in [0.05, 0.1) is 12.2 Å². The Morgan fingerprint density at radius 2 is 2.00 bits per heavy atom. The first-order valence-corrected chi connectivity index (χ1v) is 10.5. The van der Waals surface area contributed by atoms with Gasteiger partial charge in [-0.25, -0.2) is 4.79 Å². The highest BCUT2D eigenvalue weighted by Gasteiger charge is 2.42. The molecule has 0 saturated heterocycles. The molecule has 146 valence electrons. The van der Waals surface area contributed by atoms with Gasteiger partial charge in [-0.3, -0.25) is 0 Å². The number of esters is 1. The van der Waals surface area contributed by atoms with Crippen molar-refractivity contribution in [3.63, 3.8) is 0 Å². The molecule has 0 amide bonds. The van der Waals surface area contributed by atoms with Gasteiger partial charge in [-0.2, -0.15) is 0 Å². The smallest absolute Gasteiger partial charge is 0.341 e. The number of nitrogens with one attached hydrogen (secondary N) is 3. The van der Waals surface area contributed by atoms with Crippen molar-refractivity contribution in [2.75, 3.05) is 18.5 Å². The molecule has 7 heteroatoms. The Balaban J connectivity index is 2.40. The number of unbranched alkanes of at least 4 members (excludes halogenated alkanes) is 1. The van der Waals surface area contributed by atoms with Gasteiger partial charge in [-0.15, -0.1) is 11.3 Å². The minimum atomic E-state index is -0.280. The van der Waals surface area contributed by atoms with Gasteiger partial charge in [-0.1, -0.05) is 13.3 Å². The average Bonchev–Trinajstić information content (AvgIpc) is 2.84. The number of fused-ring (bicyclic) bond motifs is 1. The number of hydrogen-bond acceptors (Lipinski definition) is 5. The van der Waals surface area contributed by atoms with E-state index in [1.54, 1.807) is 11.3 Å². The summed E-state index contributed by atoms with van der Waals surface area (Å²) in [5, 5.41) is 11.4. The van der Waals surface area contributed by atoms with Crippen molar-refractivity contribution in [3.05, 3.63) is 16.0 Å². The van der Waals surface area contributed by atoms with Crippen LogP contribution in [-0.2, 0) is 16.7 Å². The second-order valence-corrected chi connectivity index (χ2v) is 9.31. The van der Waals surface area contributed by atoms with E-state index in [0.29, 0.717) is 17.3 Å². The molecule has 0 aromatic carbocycles. The summed E-state index contributed by atoms with van der Waals surface area (Å²) < 4.78 is 5.35. The lowest BCUT2D eigenvalue weighted by molar-refractivity contribution is 0.0526. The Morgan fingerprint density at radius 1 is 1.31 bits per heavy atom. The molecule has 1 aliphatic rings. The van der Waals surface area contributed by atoms with Crippen LogP contribution >= 0.6 is 23.6 Å². The van der Waals surface area contributed by atoms with Crippen LogP contribution in [0.15, 0.2) is 0 Å². The molecule has 0 bridgehead atoms. The molecule has 0 atom stereocenters. The maximum absolute atomic E-state index is 12.7. The summed E-state index contributed by atoms with van der Waals surface area (Å²) in [5.74, 6) is -0.280. The van der Waals surface area contributed by atoms with Gasteiger partial charge < -0.3 is 20.7 Å². The normalized spacial score (nSPS) is 17.3. The summed E-state index contributed by atoms with van der Waals surface area (Å²) in [5.41, 5.74) is 1.38. The number of thiocarbonyl (C=S) groups is 1. The fraction of sp³-hybridized carbons (Fsp3) is 0.684. The van der Waals surface area contributed by atoms with E-state index in [1.807, 2.05) is 6.92 Å². The van der Waals surface area contributed by atoms with Gasteiger partial charge in [0.15, 0.2) is 5.11 Å². The zero-order valence-electron chi connectivity index (χ0n) is 16.7. The maximum atomic E-state index is 12.7. The number of carbonyl (C=O) groups excluding carboxylic acids is 1. The third kappa shape index (κ3) is 4.75. The van der Waals surface area contributed by atoms with Crippen molar-refractivity contribution >= 4 is 39.6 Å². The Kier molecular flexibility index (Phi) is 6.69. The number of rotatable bonds is 6. The van der Waals surface area contributed by atoms with Crippen molar-refractivity contribution in [1.29, 1.82) is 0 Å². The van der Waals surface area contributed by atoms with Crippen LogP contribution in [0.3, 0.4) is 0 Å². The number of thiophene rings is 1. The standard InChI is InChI=1S/C19H31N3O2S2/c1-7-9-10-20-17(25)21-15-13(16(23)24-8-2)12-11-18(3,4)22-19(5,6)14(12)26-15/h22H,7-11H2,1-6H3,(H2,20,21,25). The van der Waals surface area contributed by atoms with Crippen LogP contribution < -0.4 is 16.0 Å². The van der Waals surface area contributed by atoms with Crippen molar-refractivity contribution < 1.29 is 9.53 Å². The lowest BCUT2D eigenvalue weighted by Crippen LogP contribution is -2.55. The van der Waals surface area contributed by atoms with E-state index >= 15 is 0 Å². The van der Waals surface area contributed by atoms with E-state index < -0.39 is 0 Å². The topological polar surface area (TPSA) is 62.4 Å². The fourth-order valence-corrected chi connectivity index (χ4v) is 5.10. The van der Waals surface area contributed by atoms with Crippen molar-refractivity contribution in [2.45, 2.75) is 71.9 Å². The van der Waals surface area contributed by atoms with Gasteiger partial charge in [0, 0.05) is 22.5 Å². The number of carbonyl (C=O) groups is 1. The molecule has 2 heterocycles. The minimum absolute atomic E-state index is 0.101. The van der Waals surface area contributed by atoms with E-state index in [2.05, 4.69) is 50.6 Å². The van der Waals surface area contributed by atoms with Gasteiger partial charge in [0.1, 0.15) is 5.00 Å². The lowest BCUT2D eigenvalue weighted by atomic mass is 9.81. The Hall–Kier alpha value is -1.18. The van der Waals surface area contributed by atoms with E-state index in [9.17, 15) is 4.79 Å². The predicted octanol–water partition coefficient (Wildman–Crippen LogP) is 4.17. The third-order valence-electron chi connectivity index (χ3n) is 4.37. The molecule has 0 unspecified atom stereocenters. The van der Waals surface area contributed by atoms with E-state index in [0.717, 1.165) is 36.4 Å². The van der Waals surface area contributed by atoms with E-state index in [4.69, 9.17) is 17.0 Å². The van der Waals surface area contributed by atoms with Crippen LogP contribution in [0.25, 0.3) is 0 Å². The van der Waals surface area contributed by atoms with Crippen molar-refractivity contribution in [1.82, 2.24) is 10.6 Å². The number of ether oxygens (including phenoxy) is 1. The highest BCUT2D eigenvalue weighted by atomic mass is 32.1. The third-order valence-corrected chi connectivity index (χ3v) is 6.08. The molecule has 0 spiro atoms. The summed E-state index contributed by atoms with van der Waals surface area (Å²) in [6.07, 6.45) is 2.93. The summed E-state index contributed by atoms with van der Waals surface area (Å²) in [7, 11) is 0. The molecule has 1 aromatic heterocycles. The molecule has 0 aliphatic carbocycles. The van der Waals surface area contributed by atoms with Gasteiger partial charge >= 0.3 is 5.97 Å². The molecular formula is C19H31N3O2S2. The monoisotopic (exact) mass is 397 g/mol. The molecule has 0 fully saturated rings. The van der Waals surface area contributed by atoms with Crippen molar-refractivity contribution in [3.8, 4) is 0 Å². The Labute approximate surface area is 166 Å². The molecule has 1 aliphatic heterocycles. The fourth-order valence-electron chi connectivity index (χ4n) is 3.56. The average molecular weight is 398 g/mol. The Morgan fingerprint density at radius 3 is 2.62 bits per heavy atom. The molecule has 0 radical (unpaired) electrons. The lowest BCUT2D eigenvalue weighted by Gasteiger charge is -2.42. The van der Waals surface area contributed by atoms with Gasteiger partial charge in [0.2, 0.25) is 0 Å². The van der Waals surface area contributed by atoms with Crippen LogP contribution in [0, 0.1) is 0 Å². The zero-order valence-corrected chi connectivity index (χ0v) is 18.3. The van der Waals surface area contributed by atoms with Crippen LogP contribution in [0.1, 0.15) is 75.2 Å². The van der Waals surface area contributed by atoms with Crippen LogP contribution in [0.5, 0.6) is 0 Å². The van der Waals surface area contributed by atoms with Gasteiger partial charge in [-0.05, 0) is 65.2 Å². The number of anilines is 1. The first-order chi connectivity index (χ1) is 12.1. The number of hydrogen-bond donors (Lipinski definition) is 3.